The van der Waals surface area contributed by atoms with Crippen LogP contribution in [0.2, 0.25) is 0 Å². The third-order valence-electron chi connectivity index (χ3n) is 4.11. The monoisotopic (exact) mass is 299 g/mol. The number of rotatable bonds is 4. The summed E-state index contributed by atoms with van der Waals surface area (Å²) in [6.07, 6.45) is 6.70. The Morgan fingerprint density at radius 1 is 1.18 bits per heavy atom. The van der Waals surface area contributed by atoms with Crippen LogP contribution >= 0.6 is 0 Å². The largest absolute Gasteiger partial charge is 0.393 e. The molecule has 2 aromatic rings. The van der Waals surface area contributed by atoms with E-state index in [1.54, 1.807) is 10.9 Å². The van der Waals surface area contributed by atoms with E-state index < -0.39 is 0 Å². The molecule has 0 unspecified atom stereocenters. The molecule has 0 saturated heterocycles. The molecule has 5 heteroatoms. The van der Waals surface area contributed by atoms with Crippen molar-refractivity contribution in [1.29, 1.82) is 0 Å². The maximum atomic E-state index is 12.1. The highest BCUT2D eigenvalue weighted by Gasteiger charge is 2.20. The van der Waals surface area contributed by atoms with E-state index in [1.807, 2.05) is 36.5 Å². The third-order valence-corrected chi connectivity index (χ3v) is 4.11. The van der Waals surface area contributed by atoms with Gasteiger partial charge in [-0.2, -0.15) is 5.10 Å². The van der Waals surface area contributed by atoms with E-state index in [-0.39, 0.29) is 24.6 Å². The van der Waals surface area contributed by atoms with Gasteiger partial charge in [0.05, 0.1) is 12.3 Å². The number of aromatic nitrogens is 2. The third kappa shape index (κ3) is 3.74. The van der Waals surface area contributed by atoms with Crippen LogP contribution in [-0.4, -0.2) is 32.9 Å². The lowest BCUT2D eigenvalue weighted by atomic mass is 9.93. The van der Waals surface area contributed by atoms with E-state index in [2.05, 4.69) is 10.4 Å². The molecule has 0 bridgehead atoms. The molecule has 1 fully saturated rings. The van der Waals surface area contributed by atoms with Crippen molar-refractivity contribution in [1.82, 2.24) is 15.1 Å². The summed E-state index contributed by atoms with van der Waals surface area (Å²) in [6.45, 7) is 0.228. The van der Waals surface area contributed by atoms with Crippen LogP contribution in [0, 0.1) is 0 Å². The second kappa shape index (κ2) is 6.75. The lowest BCUT2D eigenvalue weighted by molar-refractivity contribution is -0.122. The molecule has 3 rings (SSSR count). The molecule has 1 aliphatic carbocycles. The van der Waals surface area contributed by atoms with Gasteiger partial charge >= 0.3 is 0 Å². The minimum absolute atomic E-state index is 0.0240. The molecule has 1 saturated carbocycles. The molecule has 116 valence electrons. The molecule has 0 aliphatic heterocycles. The molecule has 1 amide bonds. The van der Waals surface area contributed by atoms with Crippen molar-refractivity contribution in [3.05, 3.63) is 42.7 Å². The summed E-state index contributed by atoms with van der Waals surface area (Å²) in [7, 11) is 0. The summed E-state index contributed by atoms with van der Waals surface area (Å²) in [5.41, 5.74) is 2.10. The summed E-state index contributed by atoms with van der Waals surface area (Å²) in [4.78, 5) is 12.1. The number of amides is 1. The van der Waals surface area contributed by atoms with Crippen LogP contribution in [0.1, 0.15) is 25.7 Å². The van der Waals surface area contributed by atoms with Gasteiger partial charge in [-0.25, -0.2) is 0 Å². The maximum Gasteiger partial charge on any atom is 0.241 e. The fourth-order valence-electron chi connectivity index (χ4n) is 2.87. The highest BCUT2D eigenvalue weighted by atomic mass is 16.3. The number of carbonyl (C=O) groups excluding carboxylic acids is 1. The van der Waals surface area contributed by atoms with Crippen LogP contribution in [0.3, 0.4) is 0 Å². The molecule has 22 heavy (non-hydrogen) atoms. The summed E-state index contributed by atoms with van der Waals surface area (Å²) in [6, 6.07) is 10.2. The van der Waals surface area contributed by atoms with Crippen LogP contribution in [0.4, 0.5) is 0 Å². The first kappa shape index (κ1) is 14.8. The molecule has 0 atom stereocenters. The Labute approximate surface area is 130 Å². The molecule has 1 aromatic carbocycles. The summed E-state index contributed by atoms with van der Waals surface area (Å²) in [5.74, 6) is -0.0240. The number of hydrogen-bond acceptors (Lipinski definition) is 3. The van der Waals surface area contributed by atoms with Gasteiger partial charge in [0.25, 0.3) is 0 Å². The molecular weight excluding hydrogens is 278 g/mol. The van der Waals surface area contributed by atoms with Gasteiger partial charge in [-0.05, 0) is 31.2 Å². The van der Waals surface area contributed by atoms with Gasteiger partial charge in [-0.15, -0.1) is 0 Å². The van der Waals surface area contributed by atoms with E-state index in [0.29, 0.717) is 0 Å². The lowest BCUT2D eigenvalue weighted by Crippen LogP contribution is -2.40. The van der Waals surface area contributed by atoms with Crippen molar-refractivity contribution in [2.75, 3.05) is 0 Å². The minimum atomic E-state index is -0.201. The molecule has 5 nitrogen and oxygen atoms in total. The first-order chi connectivity index (χ1) is 10.7. The molecule has 1 heterocycles. The van der Waals surface area contributed by atoms with Crippen molar-refractivity contribution in [2.45, 2.75) is 44.4 Å². The van der Waals surface area contributed by atoms with Crippen molar-refractivity contribution < 1.29 is 9.90 Å². The summed E-state index contributed by atoms with van der Waals surface area (Å²) >= 11 is 0. The van der Waals surface area contributed by atoms with Crippen LogP contribution in [-0.2, 0) is 11.3 Å². The van der Waals surface area contributed by atoms with Gasteiger partial charge in [-0.1, -0.05) is 30.3 Å². The number of aliphatic hydroxyl groups is 1. The first-order valence-electron chi connectivity index (χ1n) is 7.76. The topological polar surface area (TPSA) is 67.2 Å². The number of benzene rings is 1. The van der Waals surface area contributed by atoms with Crippen molar-refractivity contribution >= 4 is 5.91 Å². The molecule has 1 aliphatic rings. The molecule has 1 aromatic heterocycles. The fourth-order valence-corrected chi connectivity index (χ4v) is 2.87. The second-order valence-corrected chi connectivity index (χ2v) is 5.87. The Kier molecular flexibility index (Phi) is 4.53. The average Bonchev–Trinajstić information content (AvgIpc) is 2.99. The predicted octanol–water partition coefficient (Wildman–Crippen LogP) is 1.97. The minimum Gasteiger partial charge on any atom is -0.393 e. The second-order valence-electron chi connectivity index (χ2n) is 5.87. The Bertz CT molecular complexity index is 616. The highest BCUT2D eigenvalue weighted by molar-refractivity contribution is 5.76. The van der Waals surface area contributed by atoms with Crippen LogP contribution in [0.5, 0.6) is 0 Å². The quantitative estimate of drug-likeness (QED) is 0.907. The lowest BCUT2D eigenvalue weighted by Gasteiger charge is -2.26. The van der Waals surface area contributed by atoms with E-state index in [0.717, 1.165) is 36.8 Å². The fraction of sp³-hybridized carbons (Fsp3) is 0.412. The van der Waals surface area contributed by atoms with Crippen molar-refractivity contribution in [3.63, 3.8) is 0 Å². The molecule has 0 radical (unpaired) electrons. The van der Waals surface area contributed by atoms with Gasteiger partial charge < -0.3 is 10.4 Å². The normalized spacial score (nSPS) is 21.5. The zero-order chi connectivity index (χ0) is 15.4. The zero-order valence-electron chi connectivity index (χ0n) is 12.5. The Morgan fingerprint density at radius 2 is 1.91 bits per heavy atom. The molecule has 2 N–H and O–H groups in total. The Balaban J connectivity index is 1.55. The predicted molar refractivity (Wildman–Crippen MR) is 84.1 cm³/mol. The van der Waals surface area contributed by atoms with Gasteiger partial charge in [0.2, 0.25) is 5.91 Å². The molecular formula is C17H21N3O2. The zero-order valence-corrected chi connectivity index (χ0v) is 12.5. The van der Waals surface area contributed by atoms with Crippen molar-refractivity contribution in [2.24, 2.45) is 0 Å². The highest BCUT2D eigenvalue weighted by Crippen LogP contribution is 2.19. The summed E-state index contributed by atoms with van der Waals surface area (Å²) < 4.78 is 1.66. The van der Waals surface area contributed by atoms with E-state index in [9.17, 15) is 9.90 Å². The Hall–Kier alpha value is -2.14. The number of aliphatic hydroxyl groups excluding tert-OH is 1. The first-order valence-corrected chi connectivity index (χ1v) is 7.76. The average molecular weight is 299 g/mol. The number of nitrogens with zero attached hydrogens (tertiary/aromatic N) is 2. The van der Waals surface area contributed by atoms with Gasteiger partial charge in [0.1, 0.15) is 6.54 Å². The Morgan fingerprint density at radius 3 is 2.64 bits per heavy atom. The van der Waals surface area contributed by atoms with Gasteiger partial charge in [0.15, 0.2) is 0 Å². The number of nitrogens with one attached hydrogen (secondary N) is 1. The van der Waals surface area contributed by atoms with Crippen LogP contribution in [0.15, 0.2) is 42.7 Å². The standard InChI is InChI=1S/C17H21N3O2/c21-16-8-6-15(7-9-16)19-17(22)12-20-11-14(10-18-20)13-4-2-1-3-5-13/h1-5,10-11,15-16,21H,6-9,12H2,(H,19,22). The van der Waals surface area contributed by atoms with Crippen molar-refractivity contribution in [3.8, 4) is 11.1 Å². The SMILES string of the molecule is O=C(Cn1cc(-c2ccccc2)cn1)NC1CCC(O)CC1. The number of hydrogen-bond donors (Lipinski definition) is 2. The van der Waals surface area contributed by atoms with E-state index in [4.69, 9.17) is 0 Å². The van der Waals surface area contributed by atoms with Crippen LogP contribution < -0.4 is 5.32 Å². The van der Waals surface area contributed by atoms with Gasteiger partial charge in [0, 0.05) is 17.8 Å². The van der Waals surface area contributed by atoms with E-state index in [1.165, 1.54) is 0 Å². The van der Waals surface area contributed by atoms with Crippen LogP contribution in [0.25, 0.3) is 11.1 Å². The number of carbonyl (C=O) groups is 1. The van der Waals surface area contributed by atoms with Gasteiger partial charge in [-0.3, -0.25) is 9.48 Å². The maximum absolute atomic E-state index is 12.1. The smallest absolute Gasteiger partial charge is 0.241 e. The summed E-state index contributed by atoms with van der Waals surface area (Å²) in [5, 5.41) is 16.8. The van der Waals surface area contributed by atoms with E-state index >= 15 is 0 Å². The molecule has 0 spiro atoms.